The van der Waals surface area contributed by atoms with Gasteiger partial charge in [-0.2, -0.15) is 0 Å². The fraction of sp³-hybridized carbons (Fsp3) is 0.903. The highest BCUT2D eigenvalue weighted by atomic mass is 16.6. The summed E-state index contributed by atoms with van der Waals surface area (Å²) in [6, 6.07) is 0. The van der Waals surface area contributed by atoms with Gasteiger partial charge in [0.2, 0.25) is 0 Å². The van der Waals surface area contributed by atoms with Crippen molar-refractivity contribution >= 4 is 17.7 Å². The molecular weight excluding hydrogens is 468 g/mol. The SMILES string of the molecule is CC(=O)O[C@@H]1CC[C@]2(C)[C@H]3CC[C@]4(C)[C@@H]([C@H](C)[C@@H]5O[C@H]5C(=O)C(C)C)CC[C@H]4[C@@H]3C[C@H](OC(C)=O)[C@@H]2C1. The first-order chi connectivity index (χ1) is 17.4. The van der Waals surface area contributed by atoms with E-state index in [0.29, 0.717) is 29.6 Å². The zero-order chi connectivity index (χ0) is 26.9. The average Bonchev–Trinajstić information content (AvgIpc) is 3.53. The molecule has 0 spiro atoms. The molecule has 0 aromatic heterocycles. The van der Waals surface area contributed by atoms with Crippen molar-refractivity contribution in [2.45, 2.75) is 124 Å². The molecule has 5 rings (SSSR count). The molecule has 0 unspecified atom stereocenters. The van der Waals surface area contributed by atoms with Gasteiger partial charge in [-0.3, -0.25) is 14.4 Å². The second-order valence-corrected chi connectivity index (χ2v) is 14.0. The number of carbonyl (C=O) groups excluding carboxylic acids is 3. The lowest BCUT2D eigenvalue weighted by Crippen LogP contribution is -2.59. The van der Waals surface area contributed by atoms with E-state index in [4.69, 9.17) is 14.2 Å². The van der Waals surface area contributed by atoms with Crippen molar-refractivity contribution in [3.05, 3.63) is 0 Å². The normalized spacial score (nSPS) is 47.3. The predicted molar refractivity (Wildman–Crippen MR) is 139 cm³/mol. The van der Waals surface area contributed by atoms with Crippen LogP contribution in [0.15, 0.2) is 0 Å². The van der Waals surface area contributed by atoms with E-state index in [2.05, 4.69) is 20.8 Å². The zero-order valence-electron chi connectivity index (χ0n) is 24.0. The summed E-state index contributed by atoms with van der Waals surface area (Å²) in [6.07, 6.45) is 8.16. The maximum absolute atomic E-state index is 12.6. The number of carbonyl (C=O) groups is 3. The second kappa shape index (κ2) is 9.64. The fourth-order valence-electron chi connectivity index (χ4n) is 10.1. The molecule has 0 aromatic rings. The molecule has 4 aliphatic carbocycles. The standard InChI is InChI=1S/C31H48O6/c1-16(2)27(34)29-28(37-29)17(3)22-8-9-23-21-15-26(36-19(5)33)25-14-20(35-18(4)32)10-12-31(25,7)24(21)11-13-30(22,23)6/h16-17,20-26,28-29H,8-15H2,1-7H3/t17-,20+,21-,22+,23-,24-,25-,26-,28-,29-,30+,31+/m0/s1. The van der Waals surface area contributed by atoms with E-state index in [0.717, 1.165) is 25.7 Å². The van der Waals surface area contributed by atoms with Crippen molar-refractivity contribution in [2.24, 2.45) is 52.3 Å². The largest absolute Gasteiger partial charge is 0.463 e. The Kier molecular flexibility index (Phi) is 7.07. The monoisotopic (exact) mass is 516 g/mol. The summed E-state index contributed by atoms with van der Waals surface area (Å²) in [4.78, 5) is 36.5. The van der Waals surface area contributed by atoms with Gasteiger partial charge in [0, 0.05) is 25.7 Å². The third-order valence-electron chi connectivity index (χ3n) is 11.9. The van der Waals surface area contributed by atoms with Crippen molar-refractivity contribution in [1.29, 1.82) is 0 Å². The van der Waals surface area contributed by atoms with Gasteiger partial charge < -0.3 is 14.2 Å². The first-order valence-electron chi connectivity index (χ1n) is 14.9. The fourth-order valence-corrected chi connectivity index (χ4v) is 10.1. The minimum absolute atomic E-state index is 0.0228. The summed E-state index contributed by atoms with van der Waals surface area (Å²) in [6.45, 7) is 14.2. The topological polar surface area (TPSA) is 82.2 Å². The van der Waals surface area contributed by atoms with Crippen LogP contribution in [0.4, 0.5) is 0 Å². The maximum Gasteiger partial charge on any atom is 0.302 e. The maximum atomic E-state index is 12.6. The molecule has 37 heavy (non-hydrogen) atoms. The van der Waals surface area contributed by atoms with Crippen molar-refractivity contribution in [2.75, 3.05) is 0 Å². The van der Waals surface area contributed by atoms with Crippen molar-refractivity contribution in [1.82, 2.24) is 0 Å². The number of fused-ring (bicyclic) bond motifs is 5. The Hall–Kier alpha value is -1.43. The van der Waals surface area contributed by atoms with Gasteiger partial charge in [-0.25, -0.2) is 0 Å². The number of hydrogen-bond acceptors (Lipinski definition) is 6. The molecule has 208 valence electrons. The highest BCUT2D eigenvalue weighted by Crippen LogP contribution is 2.69. The Labute approximate surface area is 222 Å². The van der Waals surface area contributed by atoms with Crippen LogP contribution in [0.2, 0.25) is 0 Å². The lowest BCUT2D eigenvalue weighted by Gasteiger charge is -2.62. The number of ether oxygens (including phenoxy) is 3. The molecule has 4 saturated carbocycles. The van der Waals surface area contributed by atoms with E-state index in [1.165, 1.54) is 39.5 Å². The van der Waals surface area contributed by atoms with Gasteiger partial charge in [0.25, 0.3) is 0 Å². The van der Waals surface area contributed by atoms with E-state index >= 15 is 0 Å². The number of hydrogen-bond donors (Lipinski definition) is 0. The Bertz CT molecular complexity index is 929. The van der Waals surface area contributed by atoms with Gasteiger partial charge in [-0.15, -0.1) is 0 Å². The number of rotatable bonds is 6. The summed E-state index contributed by atoms with van der Waals surface area (Å²) >= 11 is 0. The lowest BCUT2D eigenvalue weighted by atomic mass is 9.43. The van der Waals surface area contributed by atoms with Gasteiger partial charge in [0.05, 0.1) is 6.10 Å². The highest BCUT2D eigenvalue weighted by Gasteiger charge is 2.65. The van der Waals surface area contributed by atoms with E-state index in [1.807, 2.05) is 13.8 Å². The van der Waals surface area contributed by atoms with Crippen LogP contribution in [0.3, 0.4) is 0 Å². The third kappa shape index (κ3) is 4.57. The molecule has 0 bridgehead atoms. The van der Waals surface area contributed by atoms with Crippen LogP contribution < -0.4 is 0 Å². The number of Topliss-reactive ketones (excluding diaryl/α,β-unsaturated/α-hetero) is 1. The number of epoxide rings is 1. The van der Waals surface area contributed by atoms with Crippen LogP contribution in [0.5, 0.6) is 0 Å². The van der Waals surface area contributed by atoms with Crippen LogP contribution in [0.1, 0.15) is 99.8 Å². The van der Waals surface area contributed by atoms with Crippen molar-refractivity contribution in [3.8, 4) is 0 Å². The quantitative estimate of drug-likeness (QED) is 0.330. The molecule has 0 aromatic carbocycles. The molecule has 1 heterocycles. The molecule has 1 saturated heterocycles. The Morgan fingerprint density at radius 2 is 1.46 bits per heavy atom. The molecule has 5 fully saturated rings. The Balaban J connectivity index is 1.36. The molecule has 0 N–H and O–H groups in total. The van der Waals surface area contributed by atoms with Crippen LogP contribution in [-0.2, 0) is 28.6 Å². The first kappa shape index (κ1) is 27.1. The molecular formula is C31H48O6. The van der Waals surface area contributed by atoms with E-state index in [1.54, 1.807) is 0 Å². The van der Waals surface area contributed by atoms with Crippen LogP contribution >= 0.6 is 0 Å². The predicted octanol–water partition coefficient (Wildman–Crippen LogP) is 5.75. The Morgan fingerprint density at radius 1 is 0.811 bits per heavy atom. The summed E-state index contributed by atoms with van der Waals surface area (Å²) in [5, 5.41) is 0. The first-order valence-corrected chi connectivity index (χ1v) is 14.9. The van der Waals surface area contributed by atoms with Gasteiger partial charge >= 0.3 is 11.9 Å². The summed E-state index contributed by atoms with van der Waals surface area (Å²) in [5.74, 6) is 2.79. The molecule has 6 nitrogen and oxygen atoms in total. The van der Waals surface area contributed by atoms with Crippen LogP contribution in [-0.4, -0.2) is 42.1 Å². The second-order valence-electron chi connectivity index (χ2n) is 14.0. The van der Waals surface area contributed by atoms with Gasteiger partial charge in [-0.05, 0) is 91.8 Å². The number of ketones is 1. The van der Waals surface area contributed by atoms with Crippen LogP contribution in [0, 0.1) is 52.3 Å². The Morgan fingerprint density at radius 3 is 2.11 bits per heavy atom. The zero-order valence-corrected chi connectivity index (χ0v) is 24.0. The van der Waals surface area contributed by atoms with Gasteiger partial charge in [-0.1, -0.05) is 34.6 Å². The van der Waals surface area contributed by atoms with Crippen molar-refractivity contribution in [3.63, 3.8) is 0 Å². The average molecular weight is 517 g/mol. The van der Waals surface area contributed by atoms with Gasteiger partial charge in [0.15, 0.2) is 5.78 Å². The lowest BCUT2D eigenvalue weighted by molar-refractivity contribution is -0.197. The smallest absolute Gasteiger partial charge is 0.302 e. The summed E-state index contributed by atoms with van der Waals surface area (Å²) in [5.41, 5.74) is 0.329. The summed E-state index contributed by atoms with van der Waals surface area (Å²) < 4.78 is 17.7. The minimum atomic E-state index is -0.220. The molecule has 0 amide bonds. The van der Waals surface area contributed by atoms with Crippen molar-refractivity contribution < 1.29 is 28.6 Å². The number of esters is 2. The van der Waals surface area contributed by atoms with E-state index in [-0.39, 0.29) is 64.8 Å². The van der Waals surface area contributed by atoms with E-state index < -0.39 is 0 Å². The molecule has 5 aliphatic rings. The molecule has 6 heteroatoms. The van der Waals surface area contributed by atoms with Gasteiger partial charge in [0.1, 0.15) is 18.3 Å². The molecule has 0 radical (unpaired) electrons. The molecule has 1 aliphatic heterocycles. The molecule has 12 atom stereocenters. The van der Waals surface area contributed by atoms with Crippen LogP contribution in [0.25, 0.3) is 0 Å². The van der Waals surface area contributed by atoms with E-state index in [9.17, 15) is 14.4 Å². The highest BCUT2D eigenvalue weighted by molar-refractivity contribution is 5.87. The third-order valence-corrected chi connectivity index (χ3v) is 11.9. The minimum Gasteiger partial charge on any atom is -0.463 e. The summed E-state index contributed by atoms with van der Waals surface area (Å²) in [7, 11) is 0.